The van der Waals surface area contributed by atoms with Gasteiger partial charge in [0, 0.05) is 17.3 Å². The molecule has 0 bridgehead atoms. The van der Waals surface area contributed by atoms with Crippen molar-refractivity contribution in [1.82, 2.24) is 19.6 Å². The number of fused-ring (bicyclic) bond motifs is 1. The maximum atomic E-state index is 9.40. The molecule has 0 fully saturated rings. The normalized spacial score (nSPS) is 10.8. The van der Waals surface area contributed by atoms with E-state index in [2.05, 4.69) is 15.2 Å². The highest BCUT2D eigenvalue weighted by Gasteiger charge is 2.06. The van der Waals surface area contributed by atoms with Crippen molar-refractivity contribution in [1.29, 1.82) is 0 Å². The molecule has 17 heavy (non-hydrogen) atoms. The zero-order chi connectivity index (χ0) is 11.7. The lowest BCUT2D eigenvalue weighted by molar-refractivity contribution is 0.474. The van der Waals surface area contributed by atoms with E-state index < -0.39 is 0 Å². The van der Waals surface area contributed by atoms with E-state index in [9.17, 15) is 5.11 Å². The zero-order valence-electron chi connectivity index (χ0n) is 8.69. The second-order valence-corrected chi connectivity index (χ2v) is 4.46. The summed E-state index contributed by atoms with van der Waals surface area (Å²) < 4.78 is 1.80. The van der Waals surface area contributed by atoms with E-state index >= 15 is 0 Å². The molecule has 5 nitrogen and oxygen atoms in total. The highest BCUT2D eigenvalue weighted by Crippen LogP contribution is 2.29. The predicted molar refractivity (Wildman–Crippen MR) is 63.0 cm³/mol. The van der Waals surface area contributed by atoms with Gasteiger partial charge in [-0.15, -0.1) is 10.2 Å². The van der Waals surface area contributed by atoms with Crippen LogP contribution in [-0.2, 0) is 0 Å². The van der Waals surface area contributed by atoms with Crippen LogP contribution in [0.5, 0.6) is 5.75 Å². The van der Waals surface area contributed by atoms with Gasteiger partial charge in [-0.1, -0.05) is 17.8 Å². The lowest BCUT2D eigenvalue weighted by Crippen LogP contribution is -1.88. The Hall–Kier alpha value is -2.08. The Balaban J connectivity index is 2.02. The molecule has 0 aliphatic rings. The van der Waals surface area contributed by atoms with E-state index in [1.807, 2.05) is 6.07 Å². The first-order valence-electron chi connectivity index (χ1n) is 4.94. The van der Waals surface area contributed by atoms with Crippen LogP contribution in [-0.4, -0.2) is 24.7 Å². The molecular weight excluding hydrogens is 236 g/mol. The average Bonchev–Trinajstić information content (AvgIpc) is 2.78. The summed E-state index contributed by atoms with van der Waals surface area (Å²) in [6, 6.07) is 7.02. The monoisotopic (exact) mass is 244 g/mol. The maximum Gasteiger partial charge on any atom is 0.193 e. The van der Waals surface area contributed by atoms with Gasteiger partial charge in [-0.3, -0.25) is 4.40 Å². The standard InChI is InChI=1S/C11H8N4OS/c16-8-2-1-3-9(6-8)17-11-10-14-13-7-15(10)5-4-12-11/h1-7,16H. The number of aromatic hydroxyl groups is 1. The van der Waals surface area contributed by atoms with E-state index in [4.69, 9.17) is 0 Å². The summed E-state index contributed by atoms with van der Waals surface area (Å²) in [7, 11) is 0. The number of benzene rings is 1. The van der Waals surface area contributed by atoms with E-state index in [1.54, 1.807) is 41.3 Å². The SMILES string of the molecule is Oc1cccc(Sc2nccn3cnnc23)c1. The second kappa shape index (κ2) is 4.06. The van der Waals surface area contributed by atoms with E-state index in [-0.39, 0.29) is 5.75 Å². The third-order valence-corrected chi connectivity index (χ3v) is 3.19. The summed E-state index contributed by atoms with van der Waals surface area (Å²) in [4.78, 5) is 5.17. The van der Waals surface area contributed by atoms with Crippen LogP contribution in [0.15, 0.2) is 52.9 Å². The van der Waals surface area contributed by atoms with Gasteiger partial charge in [-0.2, -0.15) is 0 Å². The molecule has 0 amide bonds. The quantitative estimate of drug-likeness (QED) is 0.746. The minimum atomic E-state index is 0.239. The van der Waals surface area contributed by atoms with Crippen LogP contribution >= 0.6 is 11.8 Å². The number of aromatic nitrogens is 4. The summed E-state index contributed by atoms with van der Waals surface area (Å²) in [6.07, 6.45) is 5.12. The molecule has 0 unspecified atom stereocenters. The summed E-state index contributed by atoms with van der Waals surface area (Å²) in [5, 5.41) is 18.0. The van der Waals surface area contributed by atoms with Gasteiger partial charge in [-0.25, -0.2) is 4.98 Å². The van der Waals surface area contributed by atoms with Crippen LogP contribution in [0.1, 0.15) is 0 Å². The molecule has 0 spiro atoms. The van der Waals surface area contributed by atoms with E-state index in [0.29, 0.717) is 5.65 Å². The van der Waals surface area contributed by atoms with Gasteiger partial charge in [0.15, 0.2) is 5.65 Å². The molecule has 3 rings (SSSR count). The van der Waals surface area contributed by atoms with Gasteiger partial charge in [0.25, 0.3) is 0 Å². The lowest BCUT2D eigenvalue weighted by Gasteiger charge is -2.02. The summed E-state index contributed by atoms with van der Waals surface area (Å²) in [5.74, 6) is 0.239. The molecule has 3 aromatic rings. The molecule has 0 aliphatic heterocycles. The van der Waals surface area contributed by atoms with Crippen LogP contribution in [0.3, 0.4) is 0 Å². The molecule has 0 radical (unpaired) electrons. The van der Waals surface area contributed by atoms with Crippen molar-refractivity contribution >= 4 is 17.4 Å². The van der Waals surface area contributed by atoms with Crippen LogP contribution in [0, 0.1) is 0 Å². The Morgan fingerprint density at radius 3 is 3.12 bits per heavy atom. The first-order chi connectivity index (χ1) is 8.33. The Morgan fingerprint density at radius 1 is 1.29 bits per heavy atom. The molecule has 1 aromatic carbocycles. The summed E-state index contributed by atoms with van der Waals surface area (Å²) >= 11 is 1.44. The van der Waals surface area contributed by atoms with Crippen molar-refractivity contribution in [3.8, 4) is 5.75 Å². The number of nitrogens with zero attached hydrogens (tertiary/aromatic N) is 4. The predicted octanol–water partition coefficient (Wildman–Crippen LogP) is 1.98. The third-order valence-electron chi connectivity index (χ3n) is 2.22. The largest absolute Gasteiger partial charge is 0.508 e. The fourth-order valence-corrected chi connectivity index (χ4v) is 2.37. The van der Waals surface area contributed by atoms with Crippen molar-refractivity contribution in [2.45, 2.75) is 9.92 Å². The maximum absolute atomic E-state index is 9.40. The van der Waals surface area contributed by atoms with Gasteiger partial charge >= 0.3 is 0 Å². The van der Waals surface area contributed by atoms with E-state index in [0.717, 1.165) is 9.92 Å². The van der Waals surface area contributed by atoms with Crippen molar-refractivity contribution in [3.63, 3.8) is 0 Å². The number of phenols is 1. The minimum Gasteiger partial charge on any atom is -0.508 e. The van der Waals surface area contributed by atoms with Gasteiger partial charge in [0.2, 0.25) is 0 Å². The van der Waals surface area contributed by atoms with Crippen molar-refractivity contribution in [2.75, 3.05) is 0 Å². The fourth-order valence-electron chi connectivity index (χ4n) is 1.47. The van der Waals surface area contributed by atoms with Gasteiger partial charge < -0.3 is 5.11 Å². The lowest BCUT2D eigenvalue weighted by atomic mass is 10.3. The topological polar surface area (TPSA) is 63.3 Å². The van der Waals surface area contributed by atoms with Crippen LogP contribution in [0.4, 0.5) is 0 Å². The van der Waals surface area contributed by atoms with Crippen molar-refractivity contribution < 1.29 is 5.11 Å². The molecule has 2 heterocycles. The fraction of sp³-hybridized carbons (Fsp3) is 0. The Kier molecular flexibility index (Phi) is 2.41. The van der Waals surface area contributed by atoms with Crippen LogP contribution < -0.4 is 0 Å². The number of phenolic OH excluding ortho intramolecular Hbond substituents is 1. The summed E-state index contributed by atoms with van der Waals surface area (Å²) in [6.45, 7) is 0. The molecule has 0 aliphatic carbocycles. The molecule has 84 valence electrons. The Bertz CT molecular complexity index is 667. The van der Waals surface area contributed by atoms with Crippen molar-refractivity contribution in [2.24, 2.45) is 0 Å². The second-order valence-electron chi connectivity index (χ2n) is 3.39. The number of hydrogen-bond donors (Lipinski definition) is 1. The molecular formula is C11H8N4OS. The average molecular weight is 244 g/mol. The Morgan fingerprint density at radius 2 is 2.24 bits per heavy atom. The van der Waals surface area contributed by atoms with Gasteiger partial charge in [0.1, 0.15) is 17.1 Å². The molecule has 0 atom stereocenters. The van der Waals surface area contributed by atoms with Crippen molar-refractivity contribution in [3.05, 3.63) is 43.0 Å². The molecule has 6 heteroatoms. The van der Waals surface area contributed by atoms with Gasteiger partial charge in [0.05, 0.1) is 0 Å². The molecule has 0 saturated heterocycles. The first kappa shape index (κ1) is 10.1. The Labute approximate surface area is 101 Å². The highest BCUT2D eigenvalue weighted by molar-refractivity contribution is 7.99. The molecule has 1 N–H and O–H groups in total. The van der Waals surface area contributed by atoms with Crippen LogP contribution in [0.25, 0.3) is 5.65 Å². The summed E-state index contributed by atoms with van der Waals surface area (Å²) in [5.41, 5.74) is 0.709. The van der Waals surface area contributed by atoms with E-state index in [1.165, 1.54) is 11.8 Å². The molecule has 2 aromatic heterocycles. The smallest absolute Gasteiger partial charge is 0.193 e. The molecule has 0 saturated carbocycles. The van der Waals surface area contributed by atoms with Gasteiger partial charge in [-0.05, 0) is 18.2 Å². The van der Waals surface area contributed by atoms with Crippen LogP contribution in [0.2, 0.25) is 0 Å². The minimum absolute atomic E-state index is 0.239. The first-order valence-corrected chi connectivity index (χ1v) is 5.76. The number of rotatable bonds is 2. The highest BCUT2D eigenvalue weighted by atomic mass is 32.2. The number of hydrogen-bond acceptors (Lipinski definition) is 5. The zero-order valence-corrected chi connectivity index (χ0v) is 9.50. The third kappa shape index (κ3) is 1.94.